The van der Waals surface area contributed by atoms with Crippen LogP contribution in [0.2, 0.25) is 0 Å². The molecule has 0 heterocycles. The minimum absolute atomic E-state index is 0.181. The Labute approximate surface area is 115 Å². The van der Waals surface area contributed by atoms with Crippen LogP contribution in [0, 0.1) is 18.6 Å². The minimum Gasteiger partial charge on any atom is -0.320 e. The molecule has 1 atom stereocenters. The third kappa shape index (κ3) is 2.96. The average Bonchev–Trinajstić information content (AvgIpc) is 2.42. The molecule has 0 spiro atoms. The van der Waals surface area contributed by atoms with E-state index in [2.05, 4.69) is 0 Å². The zero-order chi connectivity index (χ0) is 14.0. The highest BCUT2D eigenvalue weighted by Gasteiger charge is 2.16. The van der Waals surface area contributed by atoms with E-state index in [0.29, 0.717) is 0 Å². The zero-order valence-corrected chi connectivity index (χ0v) is 11.6. The highest BCUT2D eigenvalue weighted by molar-refractivity contribution is 7.98. The third-order valence-corrected chi connectivity index (χ3v) is 3.83. The van der Waals surface area contributed by atoms with Crippen molar-refractivity contribution in [3.05, 3.63) is 64.7 Å². The van der Waals surface area contributed by atoms with Crippen molar-refractivity contribution in [2.24, 2.45) is 5.73 Å². The molecule has 0 amide bonds. The largest absolute Gasteiger partial charge is 0.320 e. The number of hydrogen-bond acceptors (Lipinski definition) is 2. The molecule has 1 nitrogen and oxygen atoms in total. The molecule has 19 heavy (non-hydrogen) atoms. The Morgan fingerprint density at radius 2 is 1.68 bits per heavy atom. The Kier molecular flexibility index (Phi) is 4.22. The minimum atomic E-state index is -0.661. The molecule has 100 valence electrons. The summed E-state index contributed by atoms with van der Waals surface area (Å²) in [5.41, 5.74) is 7.24. The van der Waals surface area contributed by atoms with Crippen molar-refractivity contribution in [3.8, 4) is 0 Å². The van der Waals surface area contributed by atoms with Gasteiger partial charge in [0.25, 0.3) is 0 Å². The standard InChI is InChI=1S/C15H15F2NS/c1-9-7-14(17)12(8-13(9)16)15(18)10-3-5-11(19-2)6-4-10/h3-8,15H,18H2,1-2H3. The zero-order valence-electron chi connectivity index (χ0n) is 10.8. The molecule has 2 aromatic rings. The Hall–Kier alpha value is -1.39. The van der Waals surface area contributed by atoms with Gasteiger partial charge in [-0.05, 0) is 48.6 Å². The molecule has 1 unspecified atom stereocenters. The molecule has 2 aromatic carbocycles. The fourth-order valence-corrected chi connectivity index (χ4v) is 2.30. The first-order valence-electron chi connectivity index (χ1n) is 5.88. The van der Waals surface area contributed by atoms with E-state index in [-0.39, 0.29) is 11.1 Å². The van der Waals surface area contributed by atoms with Gasteiger partial charge < -0.3 is 5.73 Å². The third-order valence-electron chi connectivity index (χ3n) is 3.09. The van der Waals surface area contributed by atoms with Gasteiger partial charge in [-0.15, -0.1) is 11.8 Å². The molecule has 0 radical (unpaired) electrons. The van der Waals surface area contributed by atoms with Gasteiger partial charge in [-0.1, -0.05) is 12.1 Å². The quantitative estimate of drug-likeness (QED) is 0.858. The Balaban J connectivity index is 2.37. The smallest absolute Gasteiger partial charge is 0.128 e. The van der Waals surface area contributed by atoms with Crippen LogP contribution in [-0.4, -0.2) is 6.26 Å². The molecule has 4 heteroatoms. The Bertz CT molecular complexity index is 581. The van der Waals surface area contributed by atoms with Crippen molar-refractivity contribution < 1.29 is 8.78 Å². The molecule has 2 rings (SSSR count). The van der Waals surface area contributed by atoms with Gasteiger partial charge >= 0.3 is 0 Å². The first kappa shape index (κ1) is 14.0. The van der Waals surface area contributed by atoms with Gasteiger partial charge in [-0.3, -0.25) is 0 Å². The van der Waals surface area contributed by atoms with Crippen LogP contribution in [0.25, 0.3) is 0 Å². The van der Waals surface area contributed by atoms with E-state index in [1.807, 2.05) is 30.5 Å². The number of nitrogens with two attached hydrogens (primary N) is 1. The van der Waals surface area contributed by atoms with Crippen LogP contribution < -0.4 is 5.73 Å². The molecule has 0 aliphatic heterocycles. The predicted molar refractivity (Wildman–Crippen MR) is 75.3 cm³/mol. The van der Waals surface area contributed by atoms with Crippen LogP contribution in [0.15, 0.2) is 41.3 Å². The fraction of sp³-hybridized carbons (Fsp3) is 0.200. The predicted octanol–water partition coefficient (Wildman–Crippen LogP) is 4.04. The normalized spacial score (nSPS) is 12.5. The van der Waals surface area contributed by atoms with E-state index in [0.717, 1.165) is 10.5 Å². The maximum Gasteiger partial charge on any atom is 0.128 e. The first-order valence-corrected chi connectivity index (χ1v) is 7.10. The highest BCUT2D eigenvalue weighted by Crippen LogP contribution is 2.26. The molecule has 0 saturated carbocycles. The maximum atomic E-state index is 13.9. The molecular formula is C15H15F2NS. The summed E-state index contributed by atoms with van der Waals surface area (Å²) >= 11 is 1.62. The lowest BCUT2D eigenvalue weighted by Gasteiger charge is -2.15. The van der Waals surface area contributed by atoms with Gasteiger partial charge in [0.15, 0.2) is 0 Å². The van der Waals surface area contributed by atoms with Crippen molar-refractivity contribution in [3.63, 3.8) is 0 Å². The van der Waals surface area contributed by atoms with Crippen LogP contribution in [0.4, 0.5) is 8.78 Å². The molecule has 2 N–H and O–H groups in total. The van der Waals surface area contributed by atoms with E-state index < -0.39 is 17.7 Å². The summed E-state index contributed by atoms with van der Waals surface area (Å²) in [6.07, 6.45) is 1.98. The number of hydrogen-bond donors (Lipinski definition) is 1. The second kappa shape index (κ2) is 5.72. The number of benzene rings is 2. The van der Waals surface area contributed by atoms with Crippen molar-refractivity contribution in [1.29, 1.82) is 0 Å². The summed E-state index contributed by atoms with van der Waals surface area (Å²) in [5, 5.41) is 0. The summed E-state index contributed by atoms with van der Waals surface area (Å²) in [4.78, 5) is 1.10. The summed E-state index contributed by atoms with van der Waals surface area (Å²) in [6.45, 7) is 1.53. The lowest BCUT2D eigenvalue weighted by molar-refractivity contribution is 0.570. The summed E-state index contributed by atoms with van der Waals surface area (Å²) in [6, 6.07) is 9.22. The van der Waals surface area contributed by atoms with Crippen molar-refractivity contribution in [1.82, 2.24) is 0 Å². The van der Waals surface area contributed by atoms with E-state index in [9.17, 15) is 8.78 Å². The second-order valence-electron chi connectivity index (χ2n) is 4.37. The summed E-state index contributed by atoms with van der Waals surface area (Å²) < 4.78 is 27.4. The molecule has 0 fully saturated rings. The van der Waals surface area contributed by atoms with Crippen LogP contribution in [0.3, 0.4) is 0 Å². The lowest BCUT2D eigenvalue weighted by Crippen LogP contribution is -2.14. The Morgan fingerprint density at radius 3 is 2.26 bits per heavy atom. The molecule has 0 aliphatic rings. The van der Waals surface area contributed by atoms with Crippen LogP contribution >= 0.6 is 11.8 Å². The number of halogens is 2. The van der Waals surface area contributed by atoms with E-state index in [1.165, 1.54) is 19.1 Å². The molecule has 0 saturated heterocycles. The van der Waals surface area contributed by atoms with E-state index in [4.69, 9.17) is 5.73 Å². The van der Waals surface area contributed by atoms with Gasteiger partial charge in [0.05, 0.1) is 6.04 Å². The van der Waals surface area contributed by atoms with Crippen molar-refractivity contribution >= 4 is 11.8 Å². The highest BCUT2D eigenvalue weighted by atomic mass is 32.2. The lowest BCUT2D eigenvalue weighted by atomic mass is 9.98. The van der Waals surface area contributed by atoms with Gasteiger partial charge in [-0.25, -0.2) is 8.78 Å². The number of rotatable bonds is 3. The number of aryl methyl sites for hydroxylation is 1. The van der Waals surface area contributed by atoms with Gasteiger partial charge in [-0.2, -0.15) is 0 Å². The van der Waals surface area contributed by atoms with E-state index >= 15 is 0 Å². The van der Waals surface area contributed by atoms with Crippen LogP contribution in [-0.2, 0) is 0 Å². The van der Waals surface area contributed by atoms with Gasteiger partial charge in [0.2, 0.25) is 0 Å². The van der Waals surface area contributed by atoms with Crippen LogP contribution in [0.1, 0.15) is 22.7 Å². The summed E-state index contributed by atoms with van der Waals surface area (Å²) in [7, 11) is 0. The monoisotopic (exact) mass is 279 g/mol. The Morgan fingerprint density at radius 1 is 1.05 bits per heavy atom. The van der Waals surface area contributed by atoms with Crippen molar-refractivity contribution in [2.75, 3.05) is 6.26 Å². The van der Waals surface area contributed by atoms with Gasteiger partial charge in [0.1, 0.15) is 11.6 Å². The van der Waals surface area contributed by atoms with Crippen LogP contribution in [0.5, 0.6) is 0 Å². The van der Waals surface area contributed by atoms with E-state index in [1.54, 1.807) is 11.8 Å². The fourth-order valence-electron chi connectivity index (χ4n) is 1.89. The first-order chi connectivity index (χ1) is 9.02. The van der Waals surface area contributed by atoms with Gasteiger partial charge in [0, 0.05) is 10.5 Å². The summed E-state index contributed by atoms with van der Waals surface area (Å²) in [5.74, 6) is -0.909. The topological polar surface area (TPSA) is 26.0 Å². The molecule has 0 aliphatic carbocycles. The second-order valence-corrected chi connectivity index (χ2v) is 5.25. The molecular weight excluding hydrogens is 264 g/mol. The number of thioether (sulfide) groups is 1. The maximum absolute atomic E-state index is 13.9. The molecule has 0 bridgehead atoms. The SMILES string of the molecule is CSc1ccc(C(N)c2cc(F)c(C)cc2F)cc1. The average molecular weight is 279 g/mol. The van der Waals surface area contributed by atoms with Crippen molar-refractivity contribution in [2.45, 2.75) is 17.9 Å². The molecule has 0 aromatic heterocycles.